The lowest BCUT2D eigenvalue weighted by Gasteiger charge is -2.09. The Morgan fingerprint density at radius 1 is 1.04 bits per heavy atom. The molecular formula is C21H21N3O2S. The molecule has 0 aliphatic heterocycles. The first-order valence-electron chi connectivity index (χ1n) is 8.69. The van der Waals surface area contributed by atoms with Crippen LogP contribution in [-0.2, 0) is 11.2 Å². The molecule has 3 aromatic rings. The maximum atomic E-state index is 12.2. The van der Waals surface area contributed by atoms with Crippen LogP contribution in [0.5, 0.6) is 0 Å². The van der Waals surface area contributed by atoms with Crippen molar-refractivity contribution in [2.45, 2.75) is 26.7 Å². The van der Waals surface area contributed by atoms with E-state index < -0.39 is 0 Å². The zero-order valence-corrected chi connectivity index (χ0v) is 16.1. The normalized spacial score (nSPS) is 10.4. The van der Waals surface area contributed by atoms with Crippen molar-refractivity contribution in [1.29, 1.82) is 0 Å². The van der Waals surface area contributed by atoms with Gasteiger partial charge in [-0.25, -0.2) is 4.98 Å². The number of hydrogen-bond acceptors (Lipinski definition) is 4. The molecule has 2 aromatic carbocycles. The van der Waals surface area contributed by atoms with Gasteiger partial charge >= 0.3 is 0 Å². The predicted octanol–water partition coefficient (Wildman–Crippen LogP) is 4.58. The Hall–Kier alpha value is -2.99. The minimum Gasteiger partial charge on any atom is -0.326 e. The molecule has 5 nitrogen and oxygen atoms in total. The topological polar surface area (TPSA) is 71.1 Å². The molecule has 0 atom stereocenters. The number of carbonyl (C=O) groups excluding carboxylic acids is 2. The van der Waals surface area contributed by atoms with E-state index >= 15 is 0 Å². The van der Waals surface area contributed by atoms with Crippen LogP contribution in [0.2, 0.25) is 0 Å². The first-order valence-corrected chi connectivity index (χ1v) is 9.57. The molecule has 27 heavy (non-hydrogen) atoms. The Kier molecular flexibility index (Phi) is 5.98. The number of aromatic nitrogens is 1. The van der Waals surface area contributed by atoms with Gasteiger partial charge in [0.2, 0.25) is 5.91 Å². The van der Waals surface area contributed by atoms with Gasteiger partial charge in [-0.1, -0.05) is 30.3 Å². The van der Waals surface area contributed by atoms with Gasteiger partial charge in [0.05, 0.1) is 5.69 Å². The monoisotopic (exact) mass is 379 g/mol. The Labute approximate surface area is 162 Å². The van der Waals surface area contributed by atoms with Gasteiger partial charge in [-0.2, -0.15) is 0 Å². The van der Waals surface area contributed by atoms with Gasteiger partial charge < -0.3 is 5.32 Å². The summed E-state index contributed by atoms with van der Waals surface area (Å²) in [6, 6.07) is 15.0. The Morgan fingerprint density at radius 2 is 1.81 bits per heavy atom. The van der Waals surface area contributed by atoms with Crippen LogP contribution in [0.3, 0.4) is 0 Å². The van der Waals surface area contributed by atoms with Crippen LogP contribution in [0.1, 0.15) is 33.6 Å². The quantitative estimate of drug-likeness (QED) is 0.658. The Bertz CT molecular complexity index is 951. The van der Waals surface area contributed by atoms with Gasteiger partial charge in [-0.05, 0) is 49.6 Å². The molecule has 0 saturated carbocycles. The second-order valence-corrected chi connectivity index (χ2v) is 7.19. The summed E-state index contributed by atoms with van der Waals surface area (Å²) in [6.45, 7) is 3.97. The molecule has 138 valence electrons. The maximum Gasteiger partial charge on any atom is 0.257 e. The molecule has 0 spiro atoms. The van der Waals surface area contributed by atoms with Crippen molar-refractivity contribution in [3.8, 4) is 0 Å². The van der Waals surface area contributed by atoms with E-state index in [1.165, 1.54) is 11.3 Å². The van der Waals surface area contributed by atoms with Crippen molar-refractivity contribution in [3.63, 3.8) is 0 Å². The summed E-state index contributed by atoms with van der Waals surface area (Å²) in [5, 5.41) is 8.14. The van der Waals surface area contributed by atoms with Gasteiger partial charge in [0, 0.05) is 23.1 Å². The van der Waals surface area contributed by atoms with Gasteiger partial charge in [-0.3, -0.25) is 14.9 Å². The smallest absolute Gasteiger partial charge is 0.257 e. The average Bonchev–Trinajstić information content (AvgIpc) is 3.11. The van der Waals surface area contributed by atoms with E-state index in [-0.39, 0.29) is 11.8 Å². The van der Waals surface area contributed by atoms with Crippen LogP contribution in [0.25, 0.3) is 0 Å². The molecule has 1 aromatic heterocycles. The minimum atomic E-state index is -0.191. The van der Waals surface area contributed by atoms with Crippen LogP contribution >= 0.6 is 11.3 Å². The number of thiazole rings is 1. The Morgan fingerprint density at radius 3 is 2.59 bits per heavy atom. The zero-order chi connectivity index (χ0) is 19.2. The first kappa shape index (κ1) is 18.8. The highest BCUT2D eigenvalue weighted by atomic mass is 32.1. The van der Waals surface area contributed by atoms with E-state index in [1.807, 2.05) is 55.6 Å². The summed E-state index contributed by atoms with van der Waals surface area (Å²) < 4.78 is 0. The largest absolute Gasteiger partial charge is 0.326 e. The Balaban J connectivity index is 1.52. The second kappa shape index (κ2) is 8.60. The second-order valence-electron chi connectivity index (χ2n) is 6.33. The molecule has 1 heterocycles. The third kappa shape index (κ3) is 5.24. The standard InChI is InChI=1S/C21H21N3O2S/c1-14-8-9-15(2)18(12-14)23-19(25)11-10-17-13-27-21(22-17)24-20(26)16-6-4-3-5-7-16/h3-9,12-13H,10-11H2,1-2H3,(H,23,25)(H,22,24,26). The average molecular weight is 379 g/mol. The van der Waals surface area contributed by atoms with E-state index in [2.05, 4.69) is 15.6 Å². The van der Waals surface area contributed by atoms with Crippen LogP contribution in [0.4, 0.5) is 10.8 Å². The van der Waals surface area contributed by atoms with Crippen molar-refractivity contribution in [1.82, 2.24) is 4.98 Å². The lowest BCUT2D eigenvalue weighted by Crippen LogP contribution is -2.13. The van der Waals surface area contributed by atoms with Crippen molar-refractivity contribution >= 4 is 34.0 Å². The number of benzene rings is 2. The molecule has 0 radical (unpaired) electrons. The highest BCUT2D eigenvalue weighted by Gasteiger charge is 2.10. The molecule has 3 rings (SSSR count). The lowest BCUT2D eigenvalue weighted by molar-refractivity contribution is -0.116. The fourth-order valence-corrected chi connectivity index (χ4v) is 3.30. The molecule has 6 heteroatoms. The third-order valence-electron chi connectivity index (χ3n) is 4.08. The van der Waals surface area contributed by atoms with Gasteiger partial charge in [-0.15, -0.1) is 11.3 Å². The number of hydrogen-bond donors (Lipinski definition) is 2. The summed E-state index contributed by atoms with van der Waals surface area (Å²) >= 11 is 1.36. The van der Waals surface area contributed by atoms with Gasteiger partial charge in [0.1, 0.15) is 0 Å². The fraction of sp³-hybridized carbons (Fsp3) is 0.190. The lowest BCUT2D eigenvalue weighted by atomic mass is 10.1. The number of amides is 2. The number of carbonyl (C=O) groups is 2. The summed E-state index contributed by atoms with van der Waals surface area (Å²) in [7, 11) is 0. The molecule has 2 amide bonds. The van der Waals surface area contributed by atoms with Crippen LogP contribution in [0, 0.1) is 13.8 Å². The SMILES string of the molecule is Cc1ccc(C)c(NC(=O)CCc2csc(NC(=O)c3ccccc3)n2)c1. The van der Waals surface area contributed by atoms with Crippen molar-refractivity contribution in [3.05, 3.63) is 76.3 Å². The molecular weight excluding hydrogens is 358 g/mol. The molecule has 0 bridgehead atoms. The van der Waals surface area contributed by atoms with Crippen molar-refractivity contribution < 1.29 is 9.59 Å². The number of aryl methyl sites for hydroxylation is 3. The van der Waals surface area contributed by atoms with E-state index in [0.29, 0.717) is 23.5 Å². The summed E-state index contributed by atoms with van der Waals surface area (Å²) in [5.74, 6) is -0.240. The van der Waals surface area contributed by atoms with Gasteiger partial charge in [0.15, 0.2) is 5.13 Å². The summed E-state index contributed by atoms with van der Waals surface area (Å²) in [6.07, 6.45) is 0.859. The number of nitrogens with zero attached hydrogens (tertiary/aromatic N) is 1. The molecule has 0 fully saturated rings. The van der Waals surface area contributed by atoms with E-state index in [4.69, 9.17) is 0 Å². The van der Waals surface area contributed by atoms with E-state index in [0.717, 1.165) is 22.5 Å². The highest BCUT2D eigenvalue weighted by molar-refractivity contribution is 7.14. The number of nitrogens with one attached hydrogen (secondary N) is 2. The number of rotatable bonds is 6. The molecule has 0 aliphatic carbocycles. The van der Waals surface area contributed by atoms with Crippen molar-refractivity contribution in [2.75, 3.05) is 10.6 Å². The number of anilines is 2. The first-order chi connectivity index (χ1) is 13.0. The van der Waals surface area contributed by atoms with Crippen LogP contribution in [-0.4, -0.2) is 16.8 Å². The molecule has 0 unspecified atom stereocenters. The van der Waals surface area contributed by atoms with Gasteiger partial charge in [0.25, 0.3) is 5.91 Å². The molecule has 0 saturated heterocycles. The molecule has 0 aliphatic rings. The maximum absolute atomic E-state index is 12.2. The van der Waals surface area contributed by atoms with Crippen LogP contribution < -0.4 is 10.6 Å². The summed E-state index contributed by atoms with van der Waals surface area (Å²) in [5.41, 5.74) is 4.36. The van der Waals surface area contributed by atoms with Crippen LogP contribution in [0.15, 0.2) is 53.9 Å². The highest BCUT2D eigenvalue weighted by Crippen LogP contribution is 2.19. The van der Waals surface area contributed by atoms with E-state index in [9.17, 15) is 9.59 Å². The minimum absolute atomic E-state index is 0.0495. The zero-order valence-electron chi connectivity index (χ0n) is 15.3. The van der Waals surface area contributed by atoms with E-state index in [1.54, 1.807) is 12.1 Å². The fourth-order valence-electron chi connectivity index (χ4n) is 2.56. The predicted molar refractivity (Wildman–Crippen MR) is 109 cm³/mol. The summed E-state index contributed by atoms with van der Waals surface area (Å²) in [4.78, 5) is 28.8. The van der Waals surface area contributed by atoms with Crippen molar-refractivity contribution in [2.24, 2.45) is 0 Å². The third-order valence-corrected chi connectivity index (χ3v) is 4.89. The molecule has 2 N–H and O–H groups in total.